The van der Waals surface area contributed by atoms with Crippen LogP contribution in [-0.2, 0) is 4.79 Å². The molecule has 2 rings (SSSR count). The highest BCUT2D eigenvalue weighted by Gasteiger charge is 2.66. The van der Waals surface area contributed by atoms with Gasteiger partial charge in [-0.2, -0.15) is 0 Å². The number of carbonyl (C=O) groups excluding carboxylic acids is 1. The number of carbonyl (C=O) groups is 1. The molecular weight excluding hydrogens is 376 g/mol. The Labute approximate surface area is 184 Å². The second kappa shape index (κ2) is 12.2. The maximum Gasteiger partial charge on any atom is 0.224 e. The molecule has 1 spiro atoms. The number of nitrogens with zero attached hydrogens (tertiary/aromatic N) is 1. The summed E-state index contributed by atoms with van der Waals surface area (Å²) in [6.45, 7) is 7.59. The highest BCUT2D eigenvalue weighted by atomic mass is 16.3. The molecule has 1 heterocycles. The zero-order chi connectivity index (χ0) is 22.0. The topological polar surface area (TPSA) is 90.6 Å². The van der Waals surface area contributed by atoms with Crippen LogP contribution >= 0.6 is 0 Å². The van der Waals surface area contributed by atoms with Crippen molar-refractivity contribution in [2.24, 2.45) is 5.73 Å². The average molecular weight is 423 g/mol. The molecular formula is C24H46N4O2. The van der Waals surface area contributed by atoms with Crippen molar-refractivity contribution in [2.45, 2.75) is 122 Å². The fourth-order valence-corrected chi connectivity index (χ4v) is 5.36. The molecule has 2 aliphatic rings. The van der Waals surface area contributed by atoms with Crippen LogP contribution in [0.1, 0.15) is 104 Å². The average Bonchev–Trinajstić information content (AvgIpc) is 3.48. The lowest BCUT2D eigenvalue weighted by Crippen LogP contribution is -2.52. The first kappa shape index (κ1) is 25.3. The normalized spacial score (nSPS) is 22.6. The zero-order valence-electron chi connectivity index (χ0n) is 19.6. The molecule has 1 unspecified atom stereocenters. The third kappa shape index (κ3) is 6.06. The van der Waals surface area contributed by atoms with Gasteiger partial charge in [-0.25, -0.2) is 0 Å². The minimum absolute atomic E-state index is 0.0494. The van der Waals surface area contributed by atoms with Crippen molar-refractivity contribution in [1.29, 1.82) is 0 Å². The molecule has 0 bridgehead atoms. The number of amides is 1. The smallest absolute Gasteiger partial charge is 0.224 e. The Hall–Kier alpha value is -0.950. The first-order chi connectivity index (χ1) is 14.5. The molecule has 2 fully saturated rings. The fourth-order valence-electron chi connectivity index (χ4n) is 5.36. The predicted molar refractivity (Wildman–Crippen MR) is 124 cm³/mol. The largest absolute Gasteiger partial charge is 0.396 e. The highest BCUT2D eigenvalue weighted by Crippen LogP contribution is 2.57. The molecule has 1 aliphatic heterocycles. The predicted octanol–water partition coefficient (Wildman–Crippen LogP) is 3.75. The number of rotatable bonds is 15. The summed E-state index contributed by atoms with van der Waals surface area (Å²) >= 11 is 0. The van der Waals surface area contributed by atoms with Crippen LogP contribution in [0.5, 0.6) is 0 Å². The molecule has 1 amide bonds. The number of nitrogens with one attached hydrogen (secondary N) is 2. The second-order valence-corrected chi connectivity index (χ2v) is 9.22. The maximum absolute atomic E-state index is 12.3. The number of hydrogen-bond donors (Lipinski definition) is 4. The minimum atomic E-state index is -0.0707. The summed E-state index contributed by atoms with van der Waals surface area (Å²) in [5, 5.41) is 15.9. The first-order valence-corrected chi connectivity index (χ1v) is 12.4. The van der Waals surface area contributed by atoms with Gasteiger partial charge < -0.3 is 16.2 Å². The van der Waals surface area contributed by atoms with Gasteiger partial charge in [-0.3, -0.25) is 15.0 Å². The van der Waals surface area contributed by atoms with Crippen LogP contribution in [0.25, 0.3) is 0 Å². The van der Waals surface area contributed by atoms with Gasteiger partial charge in [-0.1, -0.05) is 52.5 Å². The molecule has 30 heavy (non-hydrogen) atoms. The Morgan fingerprint density at radius 2 is 1.80 bits per heavy atom. The van der Waals surface area contributed by atoms with E-state index in [0.717, 1.165) is 31.5 Å². The Bertz CT molecular complexity index is 551. The second-order valence-electron chi connectivity index (χ2n) is 9.22. The van der Waals surface area contributed by atoms with Gasteiger partial charge in [0.15, 0.2) is 0 Å². The Morgan fingerprint density at radius 3 is 2.33 bits per heavy atom. The van der Waals surface area contributed by atoms with Crippen LogP contribution in [-0.4, -0.2) is 46.4 Å². The molecule has 6 nitrogen and oxygen atoms in total. The number of allylic oxidation sites excluding steroid dienone is 1. The summed E-state index contributed by atoms with van der Waals surface area (Å²) in [4.78, 5) is 14.8. The van der Waals surface area contributed by atoms with Gasteiger partial charge in [-0.15, -0.1) is 0 Å². The van der Waals surface area contributed by atoms with E-state index in [1.807, 2.05) is 13.0 Å². The van der Waals surface area contributed by atoms with E-state index < -0.39 is 0 Å². The van der Waals surface area contributed by atoms with Crippen molar-refractivity contribution < 1.29 is 9.90 Å². The van der Waals surface area contributed by atoms with E-state index in [2.05, 4.69) is 29.4 Å². The van der Waals surface area contributed by atoms with E-state index in [-0.39, 0.29) is 29.9 Å². The first-order valence-electron chi connectivity index (χ1n) is 12.4. The van der Waals surface area contributed by atoms with E-state index in [1.165, 1.54) is 51.4 Å². The van der Waals surface area contributed by atoms with Crippen molar-refractivity contribution in [3.05, 3.63) is 11.8 Å². The van der Waals surface area contributed by atoms with Gasteiger partial charge in [0.2, 0.25) is 5.91 Å². The summed E-state index contributed by atoms with van der Waals surface area (Å²) in [5.74, 6) is 0.0494. The van der Waals surface area contributed by atoms with Gasteiger partial charge >= 0.3 is 0 Å². The highest BCUT2D eigenvalue weighted by molar-refractivity contribution is 5.77. The van der Waals surface area contributed by atoms with Crippen molar-refractivity contribution in [2.75, 3.05) is 13.2 Å². The number of unbranched alkanes of at least 4 members (excludes halogenated alkanes) is 3. The summed E-state index contributed by atoms with van der Waals surface area (Å²) in [6.07, 6.45) is 15.5. The SMILES string of the molecule is CC/C=C(\CCO)NC(=O)CCCCN1C(N)NC(CCCC)(CCCC)C12CC2. The fraction of sp³-hybridized carbons (Fsp3) is 0.875. The molecule has 1 saturated heterocycles. The lowest BCUT2D eigenvalue weighted by molar-refractivity contribution is -0.120. The third-order valence-corrected chi connectivity index (χ3v) is 7.02. The quantitative estimate of drug-likeness (QED) is 0.302. The van der Waals surface area contributed by atoms with Crippen LogP contribution in [0.2, 0.25) is 0 Å². The Kier molecular flexibility index (Phi) is 10.3. The molecule has 1 atom stereocenters. The summed E-state index contributed by atoms with van der Waals surface area (Å²) in [7, 11) is 0. The van der Waals surface area contributed by atoms with Gasteiger partial charge in [0, 0.05) is 42.8 Å². The van der Waals surface area contributed by atoms with Crippen molar-refractivity contribution in [3.8, 4) is 0 Å². The zero-order valence-corrected chi connectivity index (χ0v) is 19.6. The van der Waals surface area contributed by atoms with Crippen LogP contribution < -0.4 is 16.4 Å². The van der Waals surface area contributed by atoms with Gasteiger partial charge in [-0.05, 0) is 44.9 Å². The third-order valence-electron chi connectivity index (χ3n) is 7.02. The van der Waals surface area contributed by atoms with Gasteiger partial charge in [0.25, 0.3) is 0 Å². The molecule has 0 aromatic carbocycles. The number of aliphatic hydroxyl groups is 1. The van der Waals surface area contributed by atoms with Crippen LogP contribution in [0, 0.1) is 0 Å². The van der Waals surface area contributed by atoms with E-state index in [9.17, 15) is 4.79 Å². The van der Waals surface area contributed by atoms with Crippen molar-refractivity contribution in [1.82, 2.24) is 15.5 Å². The summed E-state index contributed by atoms with van der Waals surface area (Å²) in [5.41, 5.74) is 7.83. The summed E-state index contributed by atoms with van der Waals surface area (Å²) in [6, 6.07) is 0. The monoisotopic (exact) mass is 422 g/mol. The van der Waals surface area contributed by atoms with E-state index in [0.29, 0.717) is 12.8 Å². The lowest BCUT2D eigenvalue weighted by Gasteiger charge is -2.39. The molecule has 0 aromatic rings. The lowest BCUT2D eigenvalue weighted by atomic mass is 9.79. The van der Waals surface area contributed by atoms with E-state index in [1.54, 1.807) is 0 Å². The molecule has 5 N–H and O–H groups in total. The Balaban J connectivity index is 1.86. The van der Waals surface area contributed by atoms with E-state index >= 15 is 0 Å². The summed E-state index contributed by atoms with van der Waals surface area (Å²) < 4.78 is 0. The molecule has 0 aromatic heterocycles. The molecule has 6 heteroatoms. The maximum atomic E-state index is 12.3. The van der Waals surface area contributed by atoms with Crippen LogP contribution in [0.15, 0.2) is 11.8 Å². The van der Waals surface area contributed by atoms with E-state index in [4.69, 9.17) is 10.8 Å². The van der Waals surface area contributed by atoms with Crippen molar-refractivity contribution >= 4 is 5.91 Å². The molecule has 1 aliphatic carbocycles. The van der Waals surface area contributed by atoms with Crippen LogP contribution in [0.4, 0.5) is 0 Å². The van der Waals surface area contributed by atoms with Crippen molar-refractivity contribution in [3.63, 3.8) is 0 Å². The van der Waals surface area contributed by atoms with Gasteiger partial charge in [0.1, 0.15) is 6.29 Å². The standard InChI is InChI=1S/C24H46N4O2/c1-4-7-14-23(15-8-5-2)24(16-17-24)28(22(25)27-23)18-10-9-12-21(30)26-20(11-6-3)13-19-29/h11,22,27,29H,4-10,12-19,25H2,1-3H3,(H,26,30)/b20-11+. The Morgan fingerprint density at radius 1 is 1.13 bits per heavy atom. The minimum Gasteiger partial charge on any atom is -0.396 e. The number of aliphatic hydroxyl groups excluding tert-OH is 1. The number of nitrogens with two attached hydrogens (primary N) is 1. The number of hydrogen-bond acceptors (Lipinski definition) is 5. The molecule has 174 valence electrons. The van der Waals surface area contributed by atoms with Crippen LogP contribution in [0.3, 0.4) is 0 Å². The van der Waals surface area contributed by atoms with Gasteiger partial charge in [0.05, 0.1) is 0 Å². The molecule has 0 radical (unpaired) electrons. The molecule has 1 saturated carbocycles.